The summed E-state index contributed by atoms with van der Waals surface area (Å²) in [5.41, 5.74) is 3.34. The van der Waals surface area contributed by atoms with E-state index in [9.17, 15) is 0 Å². The number of rotatable bonds is 5. The van der Waals surface area contributed by atoms with Crippen LogP contribution in [-0.2, 0) is 6.54 Å². The van der Waals surface area contributed by atoms with Crippen LogP contribution in [0.5, 0.6) is 17.2 Å². The molecule has 0 aliphatic carbocycles. The summed E-state index contributed by atoms with van der Waals surface area (Å²) in [6.45, 7) is 5.01. The minimum Gasteiger partial charge on any atom is -0.496 e. The molecule has 0 fully saturated rings. The average Bonchev–Trinajstić information content (AvgIpc) is 3.07. The fraction of sp³-hybridized carbons (Fsp3) is 0.316. The van der Waals surface area contributed by atoms with E-state index in [0.717, 1.165) is 28.4 Å². The molecule has 2 N–H and O–H groups in total. The van der Waals surface area contributed by atoms with E-state index in [1.54, 1.807) is 7.11 Å². The molecule has 0 amide bonds. The largest absolute Gasteiger partial charge is 0.496 e. The molecule has 1 aliphatic heterocycles. The Balaban J connectivity index is 1.58. The van der Waals surface area contributed by atoms with Gasteiger partial charge in [-0.25, -0.2) is 0 Å². The Labute approximate surface area is 153 Å². The molecule has 1 atom stereocenters. The molecular weight excluding hydrogens is 336 g/mol. The molecule has 2 aromatic rings. The van der Waals surface area contributed by atoms with Crippen molar-refractivity contribution in [1.82, 2.24) is 10.6 Å². The summed E-state index contributed by atoms with van der Waals surface area (Å²) in [6, 6.07) is 12.0. The topological polar surface area (TPSA) is 51.8 Å². The zero-order chi connectivity index (χ0) is 17.8. The third-order valence-electron chi connectivity index (χ3n) is 4.09. The van der Waals surface area contributed by atoms with E-state index in [2.05, 4.69) is 30.5 Å². The zero-order valence-electron chi connectivity index (χ0n) is 14.6. The molecular formula is C19H22N2O3S. The first-order valence-corrected chi connectivity index (χ1v) is 8.55. The lowest BCUT2D eigenvalue weighted by Gasteiger charge is -2.20. The van der Waals surface area contributed by atoms with Crippen molar-refractivity contribution in [3.05, 3.63) is 53.1 Å². The van der Waals surface area contributed by atoms with Crippen LogP contribution in [-0.4, -0.2) is 19.0 Å². The van der Waals surface area contributed by atoms with Crippen LogP contribution in [0.2, 0.25) is 0 Å². The zero-order valence-corrected chi connectivity index (χ0v) is 15.4. The highest BCUT2D eigenvalue weighted by molar-refractivity contribution is 7.80. The average molecular weight is 358 g/mol. The van der Waals surface area contributed by atoms with E-state index in [1.807, 2.05) is 30.3 Å². The number of ether oxygens (including phenoxy) is 3. The maximum absolute atomic E-state index is 5.45. The van der Waals surface area contributed by atoms with Gasteiger partial charge in [0.05, 0.1) is 13.2 Å². The van der Waals surface area contributed by atoms with Gasteiger partial charge in [-0.15, -0.1) is 0 Å². The van der Waals surface area contributed by atoms with Crippen molar-refractivity contribution < 1.29 is 14.2 Å². The highest BCUT2D eigenvalue weighted by Crippen LogP contribution is 2.32. The fourth-order valence-corrected chi connectivity index (χ4v) is 3.00. The van der Waals surface area contributed by atoms with Crippen LogP contribution < -0.4 is 24.8 Å². The molecule has 2 aromatic carbocycles. The van der Waals surface area contributed by atoms with Gasteiger partial charge in [-0.05, 0) is 49.8 Å². The molecule has 0 bridgehead atoms. The quantitative estimate of drug-likeness (QED) is 0.799. The minimum atomic E-state index is 0.0339. The molecule has 0 saturated heterocycles. The van der Waals surface area contributed by atoms with Crippen molar-refractivity contribution in [1.29, 1.82) is 0 Å². The number of aryl methyl sites for hydroxylation is 1. The minimum absolute atomic E-state index is 0.0339. The van der Waals surface area contributed by atoms with Crippen molar-refractivity contribution in [3.63, 3.8) is 0 Å². The van der Waals surface area contributed by atoms with Gasteiger partial charge in [0.15, 0.2) is 16.6 Å². The second kappa shape index (κ2) is 7.61. The SMILES string of the molecule is COc1ccc(C)cc1[C@@H](C)NC(=S)NCc1ccc2c(c1)OCO2. The Hall–Kier alpha value is -2.47. The van der Waals surface area contributed by atoms with Gasteiger partial charge in [-0.2, -0.15) is 0 Å². The van der Waals surface area contributed by atoms with Crippen molar-refractivity contribution >= 4 is 17.3 Å². The maximum atomic E-state index is 5.45. The number of methoxy groups -OCH3 is 1. The number of hydrogen-bond acceptors (Lipinski definition) is 4. The smallest absolute Gasteiger partial charge is 0.231 e. The summed E-state index contributed by atoms with van der Waals surface area (Å²) >= 11 is 5.42. The lowest BCUT2D eigenvalue weighted by Crippen LogP contribution is -2.36. The highest BCUT2D eigenvalue weighted by atomic mass is 32.1. The molecule has 0 unspecified atom stereocenters. The predicted molar refractivity (Wildman–Crippen MR) is 101 cm³/mol. The van der Waals surface area contributed by atoms with Gasteiger partial charge in [0, 0.05) is 12.1 Å². The van der Waals surface area contributed by atoms with E-state index in [-0.39, 0.29) is 12.8 Å². The van der Waals surface area contributed by atoms with Crippen LogP contribution in [0.1, 0.15) is 29.7 Å². The van der Waals surface area contributed by atoms with Crippen molar-refractivity contribution in [2.24, 2.45) is 0 Å². The van der Waals surface area contributed by atoms with E-state index < -0.39 is 0 Å². The van der Waals surface area contributed by atoms with Crippen LogP contribution in [0.25, 0.3) is 0 Å². The van der Waals surface area contributed by atoms with Gasteiger partial charge < -0.3 is 24.8 Å². The van der Waals surface area contributed by atoms with E-state index in [0.29, 0.717) is 11.7 Å². The van der Waals surface area contributed by atoms with Crippen LogP contribution in [0.4, 0.5) is 0 Å². The highest BCUT2D eigenvalue weighted by Gasteiger charge is 2.14. The molecule has 132 valence electrons. The number of hydrogen-bond donors (Lipinski definition) is 2. The third-order valence-corrected chi connectivity index (χ3v) is 4.35. The number of thiocarbonyl (C=S) groups is 1. The Morgan fingerprint density at radius 3 is 2.80 bits per heavy atom. The van der Waals surface area contributed by atoms with Crippen LogP contribution in [0.3, 0.4) is 0 Å². The van der Waals surface area contributed by atoms with Gasteiger partial charge in [-0.1, -0.05) is 23.8 Å². The lowest BCUT2D eigenvalue weighted by atomic mass is 10.0. The van der Waals surface area contributed by atoms with E-state index in [4.69, 9.17) is 26.4 Å². The van der Waals surface area contributed by atoms with Gasteiger partial charge in [0.2, 0.25) is 6.79 Å². The van der Waals surface area contributed by atoms with Crippen LogP contribution >= 0.6 is 12.2 Å². The standard InChI is InChI=1S/C19H22N2O3S/c1-12-4-6-16(22-3)15(8-12)13(2)21-19(25)20-10-14-5-7-17-18(9-14)24-11-23-17/h4-9,13H,10-11H2,1-3H3,(H2,20,21,25)/t13-/m1/s1. The summed E-state index contributed by atoms with van der Waals surface area (Å²) in [5, 5.41) is 7.12. The maximum Gasteiger partial charge on any atom is 0.231 e. The number of benzene rings is 2. The van der Waals surface area contributed by atoms with E-state index in [1.165, 1.54) is 5.56 Å². The monoisotopic (exact) mass is 358 g/mol. The Morgan fingerprint density at radius 1 is 1.20 bits per heavy atom. The molecule has 5 nitrogen and oxygen atoms in total. The first kappa shape index (κ1) is 17.4. The molecule has 1 aliphatic rings. The van der Waals surface area contributed by atoms with Gasteiger partial charge in [-0.3, -0.25) is 0 Å². The normalized spacial score (nSPS) is 13.2. The second-order valence-corrected chi connectivity index (χ2v) is 6.39. The predicted octanol–water partition coefficient (Wildman–Crippen LogP) is 3.46. The summed E-state index contributed by atoms with van der Waals surface area (Å²) in [7, 11) is 1.68. The number of fused-ring (bicyclic) bond motifs is 1. The van der Waals surface area contributed by atoms with Gasteiger partial charge in [0.1, 0.15) is 5.75 Å². The summed E-state index contributed by atoms with van der Waals surface area (Å²) in [6.07, 6.45) is 0. The summed E-state index contributed by atoms with van der Waals surface area (Å²) in [4.78, 5) is 0. The fourth-order valence-electron chi connectivity index (χ4n) is 2.75. The Morgan fingerprint density at radius 2 is 2.00 bits per heavy atom. The molecule has 0 saturated carbocycles. The van der Waals surface area contributed by atoms with E-state index >= 15 is 0 Å². The van der Waals surface area contributed by atoms with Crippen molar-refractivity contribution in [3.8, 4) is 17.2 Å². The number of nitrogens with one attached hydrogen (secondary N) is 2. The first-order chi connectivity index (χ1) is 12.1. The molecule has 0 radical (unpaired) electrons. The molecule has 0 aromatic heterocycles. The summed E-state index contributed by atoms with van der Waals surface area (Å²) in [5.74, 6) is 2.41. The molecule has 1 heterocycles. The van der Waals surface area contributed by atoms with Crippen LogP contribution in [0, 0.1) is 6.92 Å². The molecule has 6 heteroatoms. The van der Waals surface area contributed by atoms with Crippen molar-refractivity contribution in [2.45, 2.75) is 26.4 Å². The second-order valence-electron chi connectivity index (χ2n) is 5.98. The third kappa shape index (κ3) is 4.14. The molecule has 3 rings (SSSR count). The lowest BCUT2D eigenvalue weighted by molar-refractivity contribution is 0.174. The Bertz CT molecular complexity index is 779. The van der Waals surface area contributed by atoms with Gasteiger partial charge in [0.25, 0.3) is 0 Å². The molecule has 0 spiro atoms. The Kier molecular flexibility index (Phi) is 5.28. The summed E-state index contributed by atoms with van der Waals surface area (Å²) < 4.78 is 16.2. The first-order valence-electron chi connectivity index (χ1n) is 8.14. The van der Waals surface area contributed by atoms with Crippen molar-refractivity contribution in [2.75, 3.05) is 13.9 Å². The molecule has 25 heavy (non-hydrogen) atoms. The van der Waals surface area contributed by atoms with Gasteiger partial charge >= 0.3 is 0 Å². The van der Waals surface area contributed by atoms with Crippen LogP contribution in [0.15, 0.2) is 36.4 Å².